The summed E-state index contributed by atoms with van der Waals surface area (Å²) < 4.78 is 0. The maximum atomic E-state index is 5.88. The van der Waals surface area contributed by atoms with Crippen LogP contribution >= 0.6 is 9.24 Å². The fourth-order valence-electron chi connectivity index (χ4n) is 1.38. The molecule has 1 aromatic carbocycles. The first-order valence-corrected chi connectivity index (χ1v) is 5.34. The van der Waals surface area contributed by atoms with Crippen molar-refractivity contribution in [1.82, 2.24) is 0 Å². The molecule has 1 unspecified atom stereocenters. The molecule has 2 heteroatoms. The van der Waals surface area contributed by atoms with Gasteiger partial charge in [0, 0.05) is 5.69 Å². The molecule has 0 heterocycles. The van der Waals surface area contributed by atoms with Gasteiger partial charge in [0.1, 0.15) is 0 Å². The van der Waals surface area contributed by atoms with E-state index < -0.39 is 0 Å². The van der Waals surface area contributed by atoms with Crippen molar-refractivity contribution in [2.75, 3.05) is 5.73 Å². The minimum Gasteiger partial charge on any atom is -0.398 e. The Kier molecular flexibility index (Phi) is 3.33. The zero-order chi connectivity index (χ0) is 10.0. The molecule has 1 rings (SSSR count). The zero-order valence-corrected chi connectivity index (χ0v) is 9.70. The Labute approximate surface area is 82.9 Å². The Morgan fingerprint density at radius 2 is 1.85 bits per heavy atom. The van der Waals surface area contributed by atoms with Gasteiger partial charge in [-0.15, -0.1) is 9.24 Å². The lowest BCUT2D eigenvalue weighted by atomic mass is 9.98. The van der Waals surface area contributed by atoms with Gasteiger partial charge in [0.2, 0.25) is 0 Å². The number of rotatable bonds is 2. The molecule has 0 aliphatic heterocycles. The van der Waals surface area contributed by atoms with Gasteiger partial charge in [-0.05, 0) is 28.8 Å². The summed E-state index contributed by atoms with van der Waals surface area (Å²) in [4.78, 5) is 0. The van der Waals surface area contributed by atoms with E-state index >= 15 is 0 Å². The third kappa shape index (κ3) is 2.45. The molecule has 72 valence electrons. The summed E-state index contributed by atoms with van der Waals surface area (Å²) in [5, 5.41) is 0. The van der Waals surface area contributed by atoms with Gasteiger partial charge in [-0.25, -0.2) is 0 Å². The van der Waals surface area contributed by atoms with Crippen LogP contribution in [0.25, 0.3) is 0 Å². The van der Waals surface area contributed by atoms with E-state index in [9.17, 15) is 0 Å². The van der Waals surface area contributed by atoms with Crippen molar-refractivity contribution >= 4 is 14.9 Å². The first-order chi connectivity index (χ1) is 6.02. The molecule has 1 aromatic rings. The number of benzene rings is 1. The van der Waals surface area contributed by atoms with Crippen molar-refractivity contribution in [2.24, 2.45) is 0 Å². The van der Waals surface area contributed by atoms with Crippen LogP contribution in [0.1, 0.15) is 43.5 Å². The highest BCUT2D eigenvalue weighted by Gasteiger charge is 2.06. The summed E-state index contributed by atoms with van der Waals surface area (Å²) in [6, 6.07) is 6.31. The van der Waals surface area contributed by atoms with Crippen LogP contribution in [0.2, 0.25) is 0 Å². The molecule has 13 heavy (non-hydrogen) atoms. The molecular formula is C11H18NP. The minimum absolute atomic E-state index is 0.498. The highest BCUT2D eigenvalue weighted by atomic mass is 31.0. The van der Waals surface area contributed by atoms with Gasteiger partial charge in [-0.2, -0.15) is 0 Å². The van der Waals surface area contributed by atoms with E-state index in [1.54, 1.807) is 0 Å². The topological polar surface area (TPSA) is 26.0 Å². The van der Waals surface area contributed by atoms with Crippen molar-refractivity contribution in [1.29, 1.82) is 0 Å². The molecule has 0 aromatic heterocycles. The summed E-state index contributed by atoms with van der Waals surface area (Å²) in [6.45, 7) is 6.51. The summed E-state index contributed by atoms with van der Waals surface area (Å²) in [5.41, 5.74) is 9.88. The van der Waals surface area contributed by atoms with Crippen molar-refractivity contribution in [3.63, 3.8) is 0 Å². The standard InChI is InChI=1S/C11H18NP/c1-7(2)10-6-9(8(3)13)4-5-11(10)12/h4-8H,12-13H2,1-3H3/t8-/m0/s1. The monoisotopic (exact) mass is 195 g/mol. The molecule has 0 bridgehead atoms. The molecule has 1 nitrogen and oxygen atoms in total. The maximum absolute atomic E-state index is 5.88. The number of nitrogen functional groups attached to an aromatic ring is 1. The molecule has 0 aliphatic rings. The molecule has 0 aliphatic carbocycles. The van der Waals surface area contributed by atoms with Crippen molar-refractivity contribution < 1.29 is 0 Å². The summed E-state index contributed by atoms with van der Waals surface area (Å²) in [6.07, 6.45) is 0. The second-order valence-electron chi connectivity index (χ2n) is 3.83. The average molecular weight is 195 g/mol. The first-order valence-electron chi connectivity index (χ1n) is 4.67. The Balaban J connectivity index is 3.11. The Morgan fingerprint density at radius 3 is 2.31 bits per heavy atom. The Hall–Kier alpha value is -0.550. The smallest absolute Gasteiger partial charge is 0.0349 e. The zero-order valence-electron chi connectivity index (χ0n) is 8.54. The number of hydrogen-bond acceptors (Lipinski definition) is 1. The molecule has 2 atom stereocenters. The molecule has 0 saturated heterocycles. The predicted octanol–water partition coefficient (Wildman–Crippen LogP) is 3.33. The third-order valence-electron chi connectivity index (χ3n) is 2.26. The summed E-state index contributed by atoms with van der Waals surface area (Å²) >= 11 is 0. The van der Waals surface area contributed by atoms with Crippen LogP contribution in [-0.4, -0.2) is 0 Å². The van der Waals surface area contributed by atoms with Crippen LogP contribution in [0, 0.1) is 0 Å². The van der Waals surface area contributed by atoms with Gasteiger partial charge in [0.05, 0.1) is 0 Å². The molecule has 0 fully saturated rings. The van der Waals surface area contributed by atoms with Crippen LogP contribution in [0.3, 0.4) is 0 Å². The van der Waals surface area contributed by atoms with E-state index in [-0.39, 0.29) is 0 Å². The molecule has 0 saturated carbocycles. The lowest BCUT2D eigenvalue weighted by molar-refractivity contribution is 0.865. The van der Waals surface area contributed by atoms with Crippen LogP contribution in [-0.2, 0) is 0 Å². The van der Waals surface area contributed by atoms with E-state index in [4.69, 9.17) is 5.73 Å². The summed E-state index contributed by atoms with van der Waals surface area (Å²) in [7, 11) is 2.80. The summed E-state index contributed by atoms with van der Waals surface area (Å²) in [5.74, 6) is 0.503. The maximum Gasteiger partial charge on any atom is 0.0349 e. The van der Waals surface area contributed by atoms with E-state index in [2.05, 4.69) is 42.1 Å². The highest BCUT2D eigenvalue weighted by Crippen LogP contribution is 2.28. The van der Waals surface area contributed by atoms with Crippen LogP contribution in [0.15, 0.2) is 18.2 Å². The quantitative estimate of drug-likeness (QED) is 0.568. The van der Waals surface area contributed by atoms with Crippen LogP contribution in [0.4, 0.5) is 5.69 Å². The van der Waals surface area contributed by atoms with Crippen molar-refractivity contribution in [3.05, 3.63) is 29.3 Å². The first kappa shape index (κ1) is 10.5. The van der Waals surface area contributed by atoms with E-state index in [1.165, 1.54) is 11.1 Å². The molecular weight excluding hydrogens is 177 g/mol. The molecule has 2 N–H and O–H groups in total. The van der Waals surface area contributed by atoms with E-state index in [1.807, 2.05) is 6.07 Å². The lowest BCUT2D eigenvalue weighted by Gasteiger charge is -2.13. The van der Waals surface area contributed by atoms with Gasteiger partial charge in [0.25, 0.3) is 0 Å². The number of hydrogen-bond donors (Lipinski definition) is 1. The fraction of sp³-hybridized carbons (Fsp3) is 0.455. The Morgan fingerprint density at radius 1 is 1.23 bits per heavy atom. The van der Waals surface area contributed by atoms with Gasteiger partial charge in [-0.1, -0.05) is 32.9 Å². The minimum atomic E-state index is 0.498. The van der Waals surface area contributed by atoms with Crippen molar-refractivity contribution in [2.45, 2.75) is 32.3 Å². The SMILES string of the molecule is CC(C)c1cc([C@H](C)P)ccc1N. The van der Waals surface area contributed by atoms with Crippen molar-refractivity contribution in [3.8, 4) is 0 Å². The second-order valence-corrected chi connectivity index (χ2v) is 4.83. The average Bonchev–Trinajstić information content (AvgIpc) is 2.04. The highest BCUT2D eigenvalue weighted by molar-refractivity contribution is 7.17. The van der Waals surface area contributed by atoms with Crippen LogP contribution in [0.5, 0.6) is 0 Å². The number of anilines is 1. The van der Waals surface area contributed by atoms with Gasteiger partial charge in [0.15, 0.2) is 0 Å². The molecule has 0 amide bonds. The third-order valence-corrected chi connectivity index (χ3v) is 2.64. The van der Waals surface area contributed by atoms with E-state index in [0.717, 1.165) is 5.69 Å². The Bertz CT molecular complexity index is 292. The largest absolute Gasteiger partial charge is 0.398 e. The predicted molar refractivity (Wildman–Crippen MR) is 63.1 cm³/mol. The van der Waals surface area contributed by atoms with Gasteiger partial charge in [-0.3, -0.25) is 0 Å². The second kappa shape index (κ2) is 4.11. The van der Waals surface area contributed by atoms with Gasteiger partial charge < -0.3 is 5.73 Å². The normalized spacial score (nSPS) is 13.3. The van der Waals surface area contributed by atoms with Crippen LogP contribution < -0.4 is 5.73 Å². The molecule has 0 radical (unpaired) electrons. The fourth-order valence-corrected chi connectivity index (χ4v) is 1.58. The lowest BCUT2D eigenvalue weighted by Crippen LogP contribution is -1.98. The number of nitrogens with two attached hydrogens (primary N) is 1. The van der Waals surface area contributed by atoms with Gasteiger partial charge >= 0.3 is 0 Å². The molecule has 0 spiro atoms. The van der Waals surface area contributed by atoms with E-state index in [0.29, 0.717) is 11.6 Å².